The minimum absolute atomic E-state index is 0.0409. The number of hydrogen-bond donors (Lipinski definition) is 1. The molecule has 3 saturated carbocycles. The summed E-state index contributed by atoms with van der Waals surface area (Å²) in [7, 11) is 1.97. The largest absolute Gasteiger partial charge is 0.573 e. The number of likely N-dealkylation sites (tertiary alicyclic amines) is 1. The summed E-state index contributed by atoms with van der Waals surface area (Å²) >= 11 is 0. The smallest absolute Gasteiger partial charge is 0.406 e. The number of ether oxygens (including phenoxy) is 1. The number of benzene rings is 1. The predicted octanol–water partition coefficient (Wildman–Crippen LogP) is 6.00. The van der Waals surface area contributed by atoms with Gasteiger partial charge >= 0.3 is 6.36 Å². The van der Waals surface area contributed by atoms with Crippen molar-refractivity contribution >= 4 is 17.5 Å². The van der Waals surface area contributed by atoms with E-state index in [-0.39, 0.29) is 34.3 Å². The van der Waals surface area contributed by atoms with Crippen molar-refractivity contribution in [3.63, 3.8) is 0 Å². The zero-order valence-electron chi connectivity index (χ0n) is 20.7. The number of nitrogens with one attached hydrogen (secondary N) is 1. The molecule has 1 N–H and O–H groups in total. The SMILES string of the molecule is CN1C(=O)CC[C@@]2(C)C1CC[C@@H]1[C@H]2CC[C@]2(C)C(C(=O)Nc3ccc(OC(F)(F)F)cc3)CC[C@@H]12. The molecule has 8 heteroatoms. The molecule has 0 radical (unpaired) electrons. The average Bonchev–Trinajstić information content (AvgIpc) is 3.14. The van der Waals surface area contributed by atoms with E-state index in [1.807, 2.05) is 11.9 Å². The number of alkyl halides is 3. The fourth-order valence-corrected chi connectivity index (χ4v) is 8.55. The minimum atomic E-state index is -4.74. The molecule has 5 rings (SSSR count). The number of hydrogen-bond acceptors (Lipinski definition) is 3. The molecule has 0 spiro atoms. The second-order valence-corrected chi connectivity index (χ2v) is 11.7. The Hall–Kier alpha value is -2.25. The van der Waals surface area contributed by atoms with Crippen molar-refractivity contribution in [2.75, 3.05) is 12.4 Å². The van der Waals surface area contributed by atoms with E-state index in [4.69, 9.17) is 0 Å². The molecule has 1 saturated heterocycles. The van der Waals surface area contributed by atoms with Gasteiger partial charge in [-0.25, -0.2) is 0 Å². The Morgan fingerprint density at radius 2 is 1.69 bits per heavy atom. The molecule has 3 aliphatic carbocycles. The third-order valence-electron chi connectivity index (χ3n) is 10.2. The van der Waals surface area contributed by atoms with Crippen LogP contribution in [0, 0.1) is 34.5 Å². The lowest BCUT2D eigenvalue weighted by molar-refractivity contribution is -0.274. The maximum Gasteiger partial charge on any atom is 0.573 e. The van der Waals surface area contributed by atoms with Crippen LogP contribution < -0.4 is 10.1 Å². The fourth-order valence-electron chi connectivity index (χ4n) is 8.55. The predicted molar refractivity (Wildman–Crippen MR) is 125 cm³/mol. The molecule has 2 unspecified atom stereocenters. The number of carbonyl (C=O) groups is 2. The number of rotatable bonds is 3. The molecule has 4 fully saturated rings. The first-order valence-electron chi connectivity index (χ1n) is 12.8. The molecule has 1 aromatic rings. The van der Waals surface area contributed by atoms with E-state index in [1.165, 1.54) is 24.3 Å². The summed E-state index contributed by atoms with van der Waals surface area (Å²) in [6.07, 6.45) is 2.95. The fraction of sp³-hybridized carbons (Fsp3) is 0.704. The van der Waals surface area contributed by atoms with Crippen LogP contribution in [0.3, 0.4) is 0 Å². The highest BCUT2D eigenvalue weighted by Crippen LogP contribution is 2.66. The number of carbonyl (C=O) groups excluding carboxylic acids is 2. The van der Waals surface area contributed by atoms with Crippen molar-refractivity contribution in [3.8, 4) is 5.75 Å². The summed E-state index contributed by atoms with van der Waals surface area (Å²) in [6.45, 7) is 4.67. The van der Waals surface area contributed by atoms with Crippen LogP contribution in [0.25, 0.3) is 0 Å². The first kappa shape index (κ1) is 24.4. The summed E-state index contributed by atoms with van der Waals surface area (Å²) in [6, 6.07) is 5.66. The van der Waals surface area contributed by atoms with Gasteiger partial charge in [-0.1, -0.05) is 13.8 Å². The van der Waals surface area contributed by atoms with Gasteiger partial charge in [0.1, 0.15) is 5.75 Å². The Morgan fingerprint density at radius 1 is 1.00 bits per heavy atom. The summed E-state index contributed by atoms with van der Waals surface area (Å²) in [5.74, 6) is 1.45. The number of nitrogens with zero attached hydrogens (tertiary/aromatic N) is 1. The molecule has 7 atom stereocenters. The van der Waals surface area contributed by atoms with Crippen molar-refractivity contribution in [1.82, 2.24) is 4.90 Å². The Labute approximate surface area is 204 Å². The Bertz CT molecular complexity index is 996. The van der Waals surface area contributed by atoms with E-state index in [9.17, 15) is 22.8 Å². The Kier molecular flexibility index (Phi) is 5.87. The number of amides is 2. The van der Waals surface area contributed by atoms with Gasteiger partial charge in [-0.2, -0.15) is 0 Å². The molecular weight excluding hydrogens is 457 g/mol. The third-order valence-corrected chi connectivity index (χ3v) is 10.2. The maximum atomic E-state index is 13.4. The van der Waals surface area contributed by atoms with E-state index in [0.29, 0.717) is 35.9 Å². The van der Waals surface area contributed by atoms with Crippen LogP contribution in [-0.4, -0.2) is 36.2 Å². The molecule has 4 aliphatic rings. The molecule has 0 bridgehead atoms. The van der Waals surface area contributed by atoms with E-state index in [2.05, 4.69) is 23.9 Å². The van der Waals surface area contributed by atoms with Gasteiger partial charge in [0.2, 0.25) is 11.8 Å². The van der Waals surface area contributed by atoms with Gasteiger partial charge in [-0.05, 0) is 97.8 Å². The summed E-state index contributed by atoms with van der Waals surface area (Å²) < 4.78 is 41.2. The van der Waals surface area contributed by atoms with Crippen LogP contribution in [0.1, 0.15) is 65.2 Å². The average molecular weight is 493 g/mol. The molecule has 1 aromatic carbocycles. The zero-order valence-corrected chi connectivity index (χ0v) is 20.7. The van der Waals surface area contributed by atoms with Crippen LogP contribution in [-0.2, 0) is 9.59 Å². The van der Waals surface area contributed by atoms with Gasteiger partial charge in [0.05, 0.1) is 0 Å². The monoisotopic (exact) mass is 492 g/mol. The highest BCUT2D eigenvalue weighted by Gasteiger charge is 2.62. The van der Waals surface area contributed by atoms with Crippen LogP contribution in [0.15, 0.2) is 24.3 Å². The van der Waals surface area contributed by atoms with Gasteiger partial charge in [0.15, 0.2) is 0 Å². The van der Waals surface area contributed by atoms with Gasteiger partial charge in [0, 0.05) is 31.1 Å². The molecule has 1 heterocycles. The molecule has 2 amide bonds. The molecule has 1 aliphatic heterocycles. The second-order valence-electron chi connectivity index (χ2n) is 11.7. The van der Waals surface area contributed by atoms with Crippen LogP contribution in [0.5, 0.6) is 5.75 Å². The number of anilines is 1. The van der Waals surface area contributed by atoms with E-state index in [0.717, 1.165) is 44.9 Å². The lowest BCUT2D eigenvalue weighted by Gasteiger charge is -2.61. The van der Waals surface area contributed by atoms with Crippen molar-refractivity contribution < 1.29 is 27.5 Å². The van der Waals surface area contributed by atoms with E-state index >= 15 is 0 Å². The molecule has 35 heavy (non-hydrogen) atoms. The second kappa shape index (κ2) is 8.41. The van der Waals surface area contributed by atoms with Crippen LogP contribution in [0.4, 0.5) is 18.9 Å². The van der Waals surface area contributed by atoms with E-state index < -0.39 is 6.36 Å². The van der Waals surface area contributed by atoms with Crippen molar-refractivity contribution in [1.29, 1.82) is 0 Å². The Morgan fingerprint density at radius 3 is 2.37 bits per heavy atom. The van der Waals surface area contributed by atoms with Gasteiger partial charge in [-0.15, -0.1) is 13.2 Å². The zero-order chi connectivity index (χ0) is 25.2. The normalized spacial score (nSPS) is 38.9. The highest BCUT2D eigenvalue weighted by molar-refractivity contribution is 5.93. The highest BCUT2D eigenvalue weighted by atomic mass is 19.4. The number of piperidine rings is 1. The Balaban J connectivity index is 1.29. The first-order valence-corrected chi connectivity index (χ1v) is 12.8. The van der Waals surface area contributed by atoms with Gasteiger partial charge in [0.25, 0.3) is 0 Å². The van der Waals surface area contributed by atoms with Crippen molar-refractivity contribution in [3.05, 3.63) is 24.3 Å². The topological polar surface area (TPSA) is 58.6 Å². The maximum absolute atomic E-state index is 13.4. The summed E-state index contributed by atoms with van der Waals surface area (Å²) in [5, 5.41) is 2.95. The molecule has 0 aromatic heterocycles. The molecule has 192 valence electrons. The summed E-state index contributed by atoms with van der Waals surface area (Å²) in [4.78, 5) is 27.7. The van der Waals surface area contributed by atoms with Gasteiger partial charge < -0.3 is 15.0 Å². The quantitative estimate of drug-likeness (QED) is 0.563. The number of fused-ring (bicyclic) bond motifs is 5. The summed E-state index contributed by atoms with van der Waals surface area (Å²) in [5.41, 5.74) is 0.547. The third kappa shape index (κ3) is 4.10. The van der Waals surface area contributed by atoms with Crippen molar-refractivity contribution in [2.45, 2.75) is 77.6 Å². The minimum Gasteiger partial charge on any atom is -0.406 e. The molecular formula is C27H35F3N2O3. The van der Waals surface area contributed by atoms with E-state index in [1.54, 1.807) is 0 Å². The lowest BCUT2D eigenvalue weighted by atomic mass is 9.47. The number of halogens is 3. The standard InChI is InChI=1S/C27H35F3N2O3/c1-25-14-12-20-18(8-11-22-26(20,2)15-13-23(33)32(22)3)19(25)9-10-21(25)24(34)31-16-4-6-17(7-5-16)35-27(28,29)30/h4-7,18-22H,8-15H2,1-3H3,(H,31,34)/t18-,19-,20+,21?,22?,25-,26+/m0/s1. The van der Waals surface area contributed by atoms with Gasteiger partial charge in [-0.3, -0.25) is 9.59 Å². The van der Waals surface area contributed by atoms with Crippen LogP contribution in [0.2, 0.25) is 0 Å². The van der Waals surface area contributed by atoms with Crippen LogP contribution >= 0.6 is 0 Å². The van der Waals surface area contributed by atoms with Crippen molar-refractivity contribution in [2.24, 2.45) is 34.5 Å². The molecule has 5 nitrogen and oxygen atoms in total. The first-order chi connectivity index (χ1) is 16.4. The lowest BCUT2D eigenvalue weighted by Crippen LogP contribution is -2.61.